The molecule has 12 atom stereocenters. The number of hydrogen-bond donors (Lipinski definition) is 5. The highest BCUT2D eigenvalue weighted by atomic mass is 16.6. The minimum Gasteiger partial charge on any atom is -0.464 e. The van der Waals surface area contributed by atoms with Crippen LogP contribution in [0.4, 0.5) is 0 Å². The molecule has 4 amide bonds. The number of ketones is 1. The van der Waals surface area contributed by atoms with Crippen LogP contribution < -0.4 is 16.0 Å². The van der Waals surface area contributed by atoms with Crippen LogP contribution in [-0.4, -0.2) is 172 Å². The zero-order chi connectivity index (χ0) is 55.7. The van der Waals surface area contributed by atoms with Crippen LogP contribution in [0, 0.1) is 35.5 Å². The van der Waals surface area contributed by atoms with Crippen LogP contribution >= 0.6 is 0 Å². The van der Waals surface area contributed by atoms with Crippen molar-refractivity contribution in [3.8, 4) is 0 Å². The van der Waals surface area contributed by atoms with Crippen molar-refractivity contribution in [3.63, 3.8) is 0 Å². The molecule has 1 fully saturated rings. The maximum absolute atomic E-state index is 14.5. The lowest BCUT2D eigenvalue weighted by atomic mass is 9.79. The Balaban J connectivity index is 2.10. The van der Waals surface area contributed by atoms with E-state index in [-0.39, 0.29) is 105 Å². The van der Waals surface area contributed by atoms with Crippen molar-refractivity contribution < 1.29 is 67.5 Å². The number of Topliss-reactive ketones (excluding diaryl/α,β-unsaturated/α-hetero) is 1. The minimum atomic E-state index is -1.37. The van der Waals surface area contributed by atoms with Crippen LogP contribution in [0.15, 0.2) is 30.3 Å². The Labute approximate surface area is 441 Å². The lowest BCUT2D eigenvalue weighted by molar-refractivity contribution is -0.183. The van der Waals surface area contributed by atoms with Gasteiger partial charge in [0.2, 0.25) is 23.6 Å². The quantitative estimate of drug-likeness (QED) is 0.0359. The maximum atomic E-state index is 14.5. The van der Waals surface area contributed by atoms with Crippen molar-refractivity contribution in [2.45, 2.75) is 175 Å². The molecule has 19 nitrogen and oxygen atoms in total. The molecule has 0 aliphatic heterocycles. The van der Waals surface area contributed by atoms with Crippen molar-refractivity contribution in [2.24, 2.45) is 35.5 Å². The fourth-order valence-corrected chi connectivity index (χ4v) is 10.0. The number of nitrogens with zero attached hydrogens (tertiary/aromatic N) is 2. The lowest BCUT2D eigenvalue weighted by Gasteiger charge is -2.40. The Hall–Kier alpha value is -4.53. The monoisotopic (exact) mass is 1050 g/mol. The third-order valence-corrected chi connectivity index (χ3v) is 14.3. The molecule has 0 aromatic heterocycles. The van der Waals surface area contributed by atoms with E-state index >= 15 is 0 Å². The van der Waals surface area contributed by atoms with Gasteiger partial charge in [-0.05, 0) is 75.4 Å². The molecule has 0 heterocycles. The van der Waals surface area contributed by atoms with Gasteiger partial charge in [0.25, 0.3) is 0 Å². The smallest absolute Gasteiger partial charge is 0.328 e. The summed E-state index contributed by atoms with van der Waals surface area (Å²) in [5.74, 6) is -4.34. The molecule has 1 aromatic carbocycles. The van der Waals surface area contributed by atoms with E-state index in [2.05, 4.69) is 16.0 Å². The number of methoxy groups -OCH3 is 2. The van der Waals surface area contributed by atoms with Gasteiger partial charge in [-0.1, -0.05) is 98.6 Å². The molecule has 0 spiro atoms. The number of ether oxygens (including phenoxy) is 5. The van der Waals surface area contributed by atoms with Gasteiger partial charge in [0.1, 0.15) is 24.5 Å². The standard InChI is InChI=1S/C55H93N5O14/c1-14-36(7)50(60(11)54(68)48(34(3)4)58-53(67)49(35(5)6)59(9)10)44(70-12)31-43(62)40-24-19-25-41(40)51(71-13)37(8)52(66)57-42(30-38-22-17-16-18-23-38)55(69)72-29-21-28-56-45(63)26-20-27-46(64)73-33-47(65)74-39(15-2)32-61/h16-18,22-23,34-37,39-42,44,47-51,61,65H,14-15,19-21,24-33H2,1-13H3,(H,56,63)(H,57,66)(H,58,67)/t36-,37+,39?,40?,41+,42-,44+,47?,48-,49-,50-,51+/m0/s1. The van der Waals surface area contributed by atoms with Gasteiger partial charge in [-0.2, -0.15) is 0 Å². The fraction of sp³-hybridized carbons (Fsp3) is 0.764. The molecule has 1 aliphatic carbocycles. The van der Waals surface area contributed by atoms with Crippen molar-refractivity contribution in [2.75, 3.05) is 61.7 Å². The van der Waals surface area contributed by atoms with E-state index in [4.69, 9.17) is 23.7 Å². The van der Waals surface area contributed by atoms with E-state index in [0.717, 1.165) is 12.0 Å². The molecule has 0 bridgehead atoms. The summed E-state index contributed by atoms with van der Waals surface area (Å²) >= 11 is 0. The summed E-state index contributed by atoms with van der Waals surface area (Å²) in [6.07, 6.45) is 0.549. The normalized spacial score (nSPS) is 18.8. The number of rotatable bonds is 36. The molecular weight excluding hydrogens is 955 g/mol. The minimum absolute atomic E-state index is 0.0136. The largest absolute Gasteiger partial charge is 0.464 e. The van der Waals surface area contributed by atoms with Crippen molar-refractivity contribution in [1.82, 2.24) is 25.8 Å². The second kappa shape index (κ2) is 34.2. The van der Waals surface area contributed by atoms with Crippen LogP contribution in [0.1, 0.15) is 125 Å². The second-order valence-electron chi connectivity index (χ2n) is 20.8. The first-order chi connectivity index (χ1) is 35.1. The number of aliphatic hydroxyl groups excluding tert-OH is 2. The molecule has 1 saturated carbocycles. The van der Waals surface area contributed by atoms with Crippen LogP contribution in [0.3, 0.4) is 0 Å². The molecule has 1 aromatic rings. The van der Waals surface area contributed by atoms with Crippen LogP contribution in [-0.2, 0) is 63.7 Å². The predicted molar refractivity (Wildman–Crippen MR) is 280 cm³/mol. The van der Waals surface area contributed by atoms with Gasteiger partial charge in [-0.25, -0.2) is 4.79 Å². The van der Waals surface area contributed by atoms with Crippen molar-refractivity contribution >= 4 is 41.4 Å². The Morgan fingerprint density at radius 1 is 0.811 bits per heavy atom. The molecule has 1 aliphatic rings. The molecule has 0 saturated heterocycles. The predicted octanol–water partition coefficient (Wildman–Crippen LogP) is 4.22. The van der Waals surface area contributed by atoms with E-state index in [0.29, 0.717) is 25.7 Å². The van der Waals surface area contributed by atoms with Gasteiger partial charge in [0.15, 0.2) is 6.29 Å². The zero-order valence-electron chi connectivity index (χ0n) is 46.8. The topological polar surface area (TPSA) is 249 Å². The Morgan fingerprint density at radius 2 is 1.49 bits per heavy atom. The molecule has 2 rings (SSSR count). The molecule has 3 unspecified atom stereocenters. The number of amides is 4. The SMILES string of the molecule is CCC(CO)OC(O)COC(=O)CCCC(=O)NCCCOC(=O)[C@H](Cc1ccccc1)NC(=O)[C@H](C)[C@@H](OC)[C@@H]1CCCC1C(=O)C[C@@H](OC)[C@H]([C@@H](C)CC)N(C)C(=O)[C@@H](NC(=O)[C@H](C(C)C)N(C)C)C(C)C. The Morgan fingerprint density at radius 3 is 2.05 bits per heavy atom. The van der Waals surface area contributed by atoms with E-state index in [1.807, 2.05) is 90.9 Å². The summed E-state index contributed by atoms with van der Waals surface area (Å²) in [5, 5.41) is 27.7. The maximum Gasteiger partial charge on any atom is 0.328 e. The number of carbonyl (C=O) groups excluding carboxylic acids is 7. The molecule has 19 heteroatoms. The summed E-state index contributed by atoms with van der Waals surface area (Å²) < 4.78 is 27.9. The van der Waals surface area contributed by atoms with Gasteiger partial charge in [0.05, 0.1) is 49.5 Å². The summed E-state index contributed by atoms with van der Waals surface area (Å²) in [5.41, 5.74) is 0.795. The summed E-state index contributed by atoms with van der Waals surface area (Å²) in [6.45, 7) is 14.8. The first kappa shape index (κ1) is 65.6. The number of aliphatic hydroxyl groups is 2. The third kappa shape index (κ3) is 21.2. The Kier molecular flexibility index (Phi) is 30.3. The Bertz CT molecular complexity index is 1860. The van der Waals surface area contributed by atoms with Crippen molar-refractivity contribution in [3.05, 3.63) is 35.9 Å². The van der Waals surface area contributed by atoms with Gasteiger partial charge in [-0.15, -0.1) is 0 Å². The molecule has 0 radical (unpaired) electrons. The van der Waals surface area contributed by atoms with Gasteiger partial charge in [0, 0.05) is 59.4 Å². The van der Waals surface area contributed by atoms with E-state index < -0.39 is 85.1 Å². The highest BCUT2D eigenvalue weighted by Gasteiger charge is 2.45. The van der Waals surface area contributed by atoms with Crippen molar-refractivity contribution in [1.29, 1.82) is 0 Å². The van der Waals surface area contributed by atoms with Gasteiger partial charge in [-0.3, -0.25) is 33.7 Å². The third-order valence-electron chi connectivity index (χ3n) is 14.3. The highest BCUT2D eigenvalue weighted by molar-refractivity contribution is 5.90. The molecule has 422 valence electrons. The lowest BCUT2D eigenvalue weighted by Crippen LogP contribution is -2.59. The molecular formula is C55H93N5O14. The number of esters is 2. The van der Waals surface area contributed by atoms with E-state index in [1.54, 1.807) is 32.9 Å². The fourth-order valence-electron chi connectivity index (χ4n) is 10.0. The molecule has 74 heavy (non-hydrogen) atoms. The van der Waals surface area contributed by atoms with E-state index in [1.165, 1.54) is 7.11 Å². The van der Waals surface area contributed by atoms with Gasteiger partial charge < -0.3 is 54.7 Å². The summed E-state index contributed by atoms with van der Waals surface area (Å²) in [6, 6.07) is 6.43. The van der Waals surface area contributed by atoms with Crippen LogP contribution in [0.2, 0.25) is 0 Å². The average Bonchev–Trinajstić information content (AvgIpc) is 3.85. The first-order valence-electron chi connectivity index (χ1n) is 26.8. The second-order valence-corrected chi connectivity index (χ2v) is 20.8. The number of hydrogen-bond acceptors (Lipinski definition) is 15. The van der Waals surface area contributed by atoms with Gasteiger partial charge >= 0.3 is 11.9 Å². The highest BCUT2D eigenvalue weighted by Crippen LogP contribution is 2.40. The summed E-state index contributed by atoms with van der Waals surface area (Å²) in [7, 11) is 8.47. The number of carbonyl (C=O) groups is 7. The van der Waals surface area contributed by atoms with Crippen LogP contribution in [0.5, 0.6) is 0 Å². The molecule has 5 N–H and O–H groups in total. The number of likely N-dealkylation sites (N-methyl/N-ethyl adjacent to an activating group) is 2. The van der Waals surface area contributed by atoms with Crippen LogP contribution in [0.25, 0.3) is 0 Å². The van der Waals surface area contributed by atoms with E-state index in [9.17, 15) is 43.8 Å². The number of nitrogens with one attached hydrogen (secondary N) is 3. The average molecular weight is 1050 g/mol. The summed E-state index contributed by atoms with van der Waals surface area (Å²) in [4.78, 5) is 98.2. The zero-order valence-corrected chi connectivity index (χ0v) is 46.8. The first-order valence-corrected chi connectivity index (χ1v) is 26.8. The number of benzene rings is 1.